The number of hydrogen-bond donors (Lipinski definition) is 0. The van der Waals surface area contributed by atoms with Crippen molar-refractivity contribution in [3.05, 3.63) is 35.4 Å². The Morgan fingerprint density at radius 3 is 2.00 bits per heavy atom. The van der Waals surface area contributed by atoms with Crippen LogP contribution in [0, 0.1) is 23.7 Å². The molecule has 2 unspecified atom stereocenters. The monoisotopic (exact) mass is 504 g/mol. The van der Waals surface area contributed by atoms with Crippen LogP contribution in [0.5, 0.6) is 0 Å². The second-order valence-corrected chi connectivity index (χ2v) is 11.1. The Balaban J connectivity index is 1.59. The molecule has 200 valence electrons. The number of hydrogen-bond acceptors (Lipinski definition) is 0. The number of aryl methyl sites for hydroxylation is 1. The standard InChI is InChI=1S/C29H42F6/c1-3-5-7-9-22-12-19-26(27(30,31)20-22)23-13-17-25(18-14-23)29(34,35)28(32,33)24-15-10-21(11-16-24)8-6-4-2/h10-11,15-16,22-23,25-26H,3-9,12-14,17-20H2,1-2H3. The lowest BCUT2D eigenvalue weighted by molar-refractivity contribution is -0.250. The molecular formula is C29H42F6. The summed E-state index contributed by atoms with van der Waals surface area (Å²) in [5, 5.41) is 0. The van der Waals surface area contributed by atoms with E-state index in [0.29, 0.717) is 6.42 Å². The Morgan fingerprint density at radius 2 is 1.43 bits per heavy atom. The van der Waals surface area contributed by atoms with Crippen LogP contribution in [-0.2, 0) is 12.3 Å². The lowest BCUT2D eigenvalue weighted by Crippen LogP contribution is -2.47. The molecule has 1 aromatic rings. The number of halogens is 6. The molecule has 2 saturated carbocycles. The Bertz CT molecular complexity index is 764. The topological polar surface area (TPSA) is 0 Å². The van der Waals surface area contributed by atoms with Crippen LogP contribution in [0.2, 0.25) is 0 Å². The first kappa shape index (κ1) is 28.4. The van der Waals surface area contributed by atoms with Crippen molar-refractivity contribution in [3.8, 4) is 0 Å². The molecule has 0 heterocycles. The molecule has 35 heavy (non-hydrogen) atoms. The van der Waals surface area contributed by atoms with Gasteiger partial charge in [0.2, 0.25) is 0 Å². The van der Waals surface area contributed by atoms with Crippen molar-refractivity contribution in [3.63, 3.8) is 0 Å². The SMILES string of the molecule is CCCCCC1CCC(C2CCC(C(F)(F)C(F)(F)c3ccc(CCCC)cc3)CC2)C(F)(F)C1. The minimum Gasteiger partial charge on any atom is -0.207 e. The second kappa shape index (κ2) is 11.9. The number of rotatable bonds is 11. The molecule has 1 aromatic carbocycles. The van der Waals surface area contributed by atoms with Crippen molar-refractivity contribution < 1.29 is 26.3 Å². The van der Waals surface area contributed by atoms with Crippen molar-refractivity contribution in [2.75, 3.05) is 0 Å². The molecule has 2 aliphatic rings. The summed E-state index contributed by atoms with van der Waals surface area (Å²) >= 11 is 0. The molecule has 3 rings (SSSR count). The molecule has 0 N–H and O–H groups in total. The van der Waals surface area contributed by atoms with E-state index in [1.54, 1.807) is 0 Å². The largest absolute Gasteiger partial charge is 0.335 e. The van der Waals surface area contributed by atoms with Gasteiger partial charge >= 0.3 is 11.8 Å². The van der Waals surface area contributed by atoms with Crippen molar-refractivity contribution in [2.24, 2.45) is 23.7 Å². The smallest absolute Gasteiger partial charge is 0.207 e. The van der Waals surface area contributed by atoms with E-state index in [-0.39, 0.29) is 43.9 Å². The quantitative estimate of drug-likeness (QED) is 0.208. The van der Waals surface area contributed by atoms with Crippen molar-refractivity contribution in [1.29, 1.82) is 0 Å². The number of alkyl halides is 6. The van der Waals surface area contributed by atoms with Gasteiger partial charge in [-0.05, 0) is 68.8 Å². The average Bonchev–Trinajstić information content (AvgIpc) is 2.82. The molecule has 0 nitrogen and oxygen atoms in total. The highest BCUT2D eigenvalue weighted by Crippen LogP contribution is 2.55. The third kappa shape index (κ3) is 6.57. The summed E-state index contributed by atoms with van der Waals surface area (Å²) in [5.41, 5.74) is 0.189. The Hall–Kier alpha value is -1.20. The van der Waals surface area contributed by atoms with E-state index in [4.69, 9.17) is 0 Å². The van der Waals surface area contributed by atoms with Gasteiger partial charge in [0.1, 0.15) is 0 Å². The molecule has 0 aliphatic heterocycles. The zero-order chi connectivity index (χ0) is 25.7. The zero-order valence-electron chi connectivity index (χ0n) is 21.3. The van der Waals surface area contributed by atoms with Gasteiger partial charge in [-0.15, -0.1) is 0 Å². The summed E-state index contributed by atoms with van der Waals surface area (Å²) in [5.74, 6) is -13.9. The lowest BCUT2D eigenvalue weighted by atomic mass is 9.65. The lowest BCUT2D eigenvalue weighted by Gasteiger charge is -2.44. The van der Waals surface area contributed by atoms with E-state index in [2.05, 4.69) is 6.92 Å². The Kier molecular flexibility index (Phi) is 9.64. The van der Waals surface area contributed by atoms with Gasteiger partial charge in [-0.1, -0.05) is 70.2 Å². The maximum Gasteiger partial charge on any atom is 0.335 e. The van der Waals surface area contributed by atoms with E-state index >= 15 is 8.78 Å². The van der Waals surface area contributed by atoms with Crippen LogP contribution in [0.1, 0.15) is 108 Å². The predicted octanol–water partition coefficient (Wildman–Crippen LogP) is 10.2. The maximum atomic E-state index is 15.1. The van der Waals surface area contributed by atoms with Gasteiger partial charge in [0.05, 0.1) is 0 Å². The van der Waals surface area contributed by atoms with Gasteiger partial charge < -0.3 is 0 Å². The van der Waals surface area contributed by atoms with Gasteiger partial charge in [0, 0.05) is 23.8 Å². The first-order valence-electron chi connectivity index (χ1n) is 13.8. The van der Waals surface area contributed by atoms with Gasteiger partial charge in [0.25, 0.3) is 5.92 Å². The van der Waals surface area contributed by atoms with Gasteiger partial charge in [-0.3, -0.25) is 0 Å². The number of unbranched alkanes of at least 4 members (excludes halogenated alkanes) is 3. The zero-order valence-corrected chi connectivity index (χ0v) is 21.3. The summed E-state index contributed by atoms with van der Waals surface area (Å²) in [7, 11) is 0. The van der Waals surface area contributed by atoms with Crippen LogP contribution in [0.25, 0.3) is 0 Å². The van der Waals surface area contributed by atoms with Crippen molar-refractivity contribution >= 4 is 0 Å². The van der Waals surface area contributed by atoms with Crippen LogP contribution in [-0.4, -0.2) is 11.8 Å². The van der Waals surface area contributed by atoms with E-state index < -0.39 is 35.2 Å². The normalized spacial score (nSPS) is 27.7. The molecular weight excluding hydrogens is 462 g/mol. The van der Waals surface area contributed by atoms with Gasteiger partial charge in [0.15, 0.2) is 0 Å². The molecule has 2 aliphatic carbocycles. The van der Waals surface area contributed by atoms with E-state index in [1.165, 1.54) is 12.1 Å². The van der Waals surface area contributed by atoms with E-state index in [9.17, 15) is 17.6 Å². The molecule has 0 spiro atoms. The fraction of sp³-hybridized carbons (Fsp3) is 0.793. The minimum atomic E-state index is -4.28. The highest BCUT2D eigenvalue weighted by atomic mass is 19.3. The van der Waals surface area contributed by atoms with Crippen LogP contribution in [0.3, 0.4) is 0 Å². The van der Waals surface area contributed by atoms with Gasteiger partial charge in [-0.2, -0.15) is 17.6 Å². The summed E-state index contributed by atoms with van der Waals surface area (Å²) in [4.78, 5) is 0. The highest BCUT2D eigenvalue weighted by Gasteiger charge is 2.62. The fourth-order valence-corrected chi connectivity index (χ4v) is 6.37. The Morgan fingerprint density at radius 1 is 0.800 bits per heavy atom. The first-order chi connectivity index (χ1) is 16.5. The average molecular weight is 505 g/mol. The molecule has 0 radical (unpaired) electrons. The Labute approximate surface area is 207 Å². The van der Waals surface area contributed by atoms with E-state index in [0.717, 1.165) is 69.1 Å². The van der Waals surface area contributed by atoms with Crippen LogP contribution >= 0.6 is 0 Å². The van der Waals surface area contributed by atoms with Crippen molar-refractivity contribution in [2.45, 2.75) is 122 Å². The van der Waals surface area contributed by atoms with Crippen molar-refractivity contribution in [1.82, 2.24) is 0 Å². The fourth-order valence-electron chi connectivity index (χ4n) is 6.37. The molecule has 0 saturated heterocycles. The minimum absolute atomic E-state index is 0.0283. The molecule has 0 aromatic heterocycles. The maximum absolute atomic E-state index is 15.1. The second-order valence-electron chi connectivity index (χ2n) is 11.1. The summed E-state index contributed by atoms with van der Waals surface area (Å²) < 4.78 is 90.1. The number of benzene rings is 1. The third-order valence-corrected chi connectivity index (χ3v) is 8.61. The predicted molar refractivity (Wildman–Crippen MR) is 129 cm³/mol. The molecule has 2 atom stereocenters. The molecule has 6 heteroatoms. The first-order valence-corrected chi connectivity index (χ1v) is 13.8. The molecule has 0 bridgehead atoms. The van der Waals surface area contributed by atoms with Crippen LogP contribution in [0.15, 0.2) is 24.3 Å². The van der Waals surface area contributed by atoms with E-state index in [1.807, 2.05) is 6.92 Å². The molecule has 0 amide bonds. The summed E-state index contributed by atoms with van der Waals surface area (Å²) in [6.45, 7) is 4.12. The molecule has 2 fully saturated rings. The third-order valence-electron chi connectivity index (χ3n) is 8.61. The van der Waals surface area contributed by atoms with Gasteiger partial charge in [-0.25, -0.2) is 8.78 Å². The van der Waals surface area contributed by atoms with Crippen LogP contribution in [0.4, 0.5) is 26.3 Å². The summed E-state index contributed by atoms with van der Waals surface area (Å²) in [6.07, 6.45) is 7.64. The summed E-state index contributed by atoms with van der Waals surface area (Å²) in [6, 6.07) is 5.24. The van der Waals surface area contributed by atoms with Crippen LogP contribution < -0.4 is 0 Å². The highest BCUT2D eigenvalue weighted by molar-refractivity contribution is 5.28.